The number of hydrogen-bond donors (Lipinski definition) is 1. The zero-order valence-electron chi connectivity index (χ0n) is 10.4. The van der Waals surface area contributed by atoms with Crippen LogP contribution < -0.4 is 0 Å². The first-order valence-electron chi connectivity index (χ1n) is 5.48. The van der Waals surface area contributed by atoms with Gasteiger partial charge in [0, 0.05) is 5.56 Å². The zero-order valence-corrected chi connectivity index (χ0v) is 11.2. The van der Waals surface area contributed by atoms with Gasteiger partial charge >= 0.3 is 5.97 Å². The summed E-state index contributed by atoms with van der Waals surface area (Å²) in [7, 11) is 0. The van der Waals surface area contributed by atoms with Gasteiger partial charge in [-0.25, -0.2) is 0 Å². The maximum Gasteiger partial charge on any atom is 0.317 e. The molecule has 0 aromatic heterocycles. The highest BCUT2D eigenvalue weighted by Gasteiger charge is 2.27. The highest BCUT2D eigenvalue weighted by atomic mass is 32.2. The van der Waals surface area contributed by atoms with E-state index in [0.717, 1.165) is 11.8 Å². The van der Waals surface area contributed by atoms with Crippen LogP contribution in [0.1, 0.15) is 19.4 Å². The van der Waals surface area contributed by atoms with Crippen LogP contribution in [0.15, 0.2) is 23.1 Å². The van der Waals surface area contributed by atoms with Crippen LogP contribution >= 0.6 is 11.8 Å². The highest BCUT2D eigenvalue weighted by molar-refractivity contribution is 8.00. The minimum Gasteiger partial charge on any atom is -0.480 e. The SMILES string of the molecule is Cc1cccc(SC(C(=O)O)C(C)C)c1[N+](=O)[O-]. The van der Waals surface area contributed by atoms with Gasteiger partial charge in [0.2, 0.25) is 0 Å². The van der Waals surface area contributed by atoms with Gasteiger partial charge in [0.25, 0.3) is 5.69 Å². The molecular weight excluding hydrogens is 254 g/mol. The van der Waals surface area contributed by atoms with Gasteiger partial charge < -0.3 is 5.11 Å². The molecule has 6 heteroatoms. The zero-order chi connectivity index (χ0) is 13.9. The lowest BCUT2D eigenvalue weighted by Gasteiger charge is -2.15. The molecule has 1 atom stereocenters. The van der Waals surface area contributed by atoms with Crippen molar-refractivity contribution in [3.63, 3.8) is 0 Å². The Balaban J connectivity index is 3.14. The van der Waals surface area contributed by atoms with E-state index in [2.05, 4.69) is 0 Å². The maximum atomic E-state index is 11.1. The molecule has 1 aromatic carbocycles. The van der Waals surface area contributed by atoms with Crippen LogP contribution in [0, 0.1) is 23.0 Å². The number of carbonyl (C=O) groups is 1. The van der Waals surface area contributed by atoms with E-state index in [1.165, 1.54) is 0 Å². The summed E-state index contributed by atoms with van der Waals surface area (Å²) in [6.45, 7) is 5.22. The monoisotopic (exact) mass is 269 g/mol. The summed E-state index contributed by atoms with van der Waals surface area (Å²) in [5.74, 6) is -1.06. The van der Waals surface area contributed by atoms with E-state index in [-0.39, 0.29) is 11.6 Å². The smallest absolute Gasteiger partial charge is 0.317 e. The molecule has 1 unspecified atom stereocenters. The number of hydrogen-bond acceptors (Lipinski definition) is 4. The second-order valence-electron chi connectivity index (χ2n) is 4.30. The van der Waals surface area contributed by atoms with Crippen LogP contribution in [-0.2, 0) is 4.79 Å². The first-order chi connectivity index (χ1) is 8.34. The van der Waals surface area contributed by atoms with Gasteiger partial charge in [0.15, 0.2) is 0 Å². The van der Waals surface area contributed by atoms with Gasteiger partial charge in [-0.2, -0.15) is 0 Å². The van der Waals surface area contributed by atoms with E-state index < -0.39 is 16.1 Å². The minimum atomic E-state index is -0.953. The standard InChI is InChI=1S/C12H15NO4S/c1-7(2)11(12(14)15)18-9-6-4-5-8(3)10(9)13(16)17/h4-7,11H,1-3H3,(H,14,15). The lowest BCUT2D eigenvalue weighted by Crippen LogP contribution is -2.22. The number of nitro benzene ring substituents is 1. The van der Waals surface area contributed by atoms with Gasteiger partial charge in [-0.05, 0) is 18.9 Å². The van der Waals surface area contributed by atoms with E-state index >= 15 is 0 Å². The maximum absolute atomic E-state index is 11.1. The number of para-hydroxylation sites is 1. The Morgan fingerprint density at radius 1 is 1.44 bits per heavy atom. The molecule has 0 radical (unpaired) electrons. The molecule has 0 spiro atoms. The average molecular weight is 269 g/mol. The van der Waals surface area contributed by atoms with Gasteiger partial charge in [-0.1, -0.05) is 26.0 Å². The molecule has 0 fully saturated rings. The number of carboxylic acids is 1. The van der Waals surface area contributed by atoms with Crippen LogP contribution in [0.5, 0.6) is 0 Å². The van der Waals surface area contributed by atoms with Crippen molar-refractivity contribution in [1.82, 2.24) is 0 Å². The first kappa shape index (κ1) is 14.5. The molecule has 5 nitrogen and oxygen atoms in total. The van der Waals surface area contributed by atoms with Crippen molar-refractivity contribution in [2.24, 2.45) is 5.92 Å². The molecule has 0 saturated carbocycles. The summed E-state index contributed by atoms with van der Waals surface area (Å²) in [6, 6.07) is 4.94. The number of nitrogens with zero attached hydrogens (tertiary/aromatic N) is 1. The number of aryl methyl sites for hydroxylation is 1. The average Bonchev–Trinajstić information content (AvgIpc) is 2.24. The molecule has 98 valence electrons. The van der Waals surface area contributed by atoms with Crippen molar-refractivity contribution in [2.45, 2.75) is 30.9 Å². The third kappa shape index (κ3) is 3.22. The number of rotatable bonds is 5. The number of carboxylic acid groups (broad SMARTS) is 1. The minimum absolute atomic E-state index is 0.00519. The molecular formula is C12H15NO4S. The molecule has 1 N–H and O–H groups in total. The molecule has 0 amide bonds. The molecule has 0 aliphatic carbocycles. The Bertz CT molecular complexity index is 473. The Morgan fingerprint density at radius 2 is 2.06 bits per heavy atom. The van der Waals surface area contributed by atoms with Crippen molar-refractivity contribution in [1.29, 1.82) is 0 Å². The summed E-state index contributed by atoms with van der Waals surface area (Å²) in [4.78, 5) is 22.1. The van der Waals surface area contributed by atoms with Crippen molar-refractivity contribution >= 4 is 23.4 Å². The highest BCUT2D eigenvalue weighted by Crippen LogP contribution is 2.36. The lowest BCUT2D eigenvalue weighted by molar-refractivity contribution is -0.388. The van der Waals surface area contributed by atoms with Gasteiger partial charge in [0.05, 0.1) is 9.82 Å². The van der Waals surface area contributed by atoms with Crippen molar-refractivity contribution in [3.05, 3.63) is 33.9 Å². The third-order valence-corrected chi connectivity index (χ3v) is 4.07. The quantitative estimate of drug-likeness (QED) is 0.504. The van der Waals surface area contributed by atoms with E-state index in [1.807, 2.05) is 0 Å². The molecule has 0 aliphatic rings. The topological polar surface area (TPSA) is 80.4 Å². The molecule has 18 heavy (non-hydrogen) atoms. The van der Waals surface area contributed by atoms with Crippen LogP contribution in [0.2, 0.25) is 0 Å². The van der Waals surface area contributed by atoms with Gasteiger partial charge in [-0.15, -0.1) is 11.8 Å². The lowest BCUT2D eigenvalue weighted by atomic mass is 10.1. The summed E-state index contributed by atoms with van der Waals surface area (Å²) in [5.41, 5.74) is 0.535. The Hall–Kier alpha value is -1.56. The van der Waals surface area contributed by atoms with E-state index in [1.54, 1.807) is 39.0 Å². The van der Waals surface area contributed by atoms with Gasteiger partial charge in [-0.3, -0.25) is 14.9 Å². The molecule has 1 rings (SSSR count). The predicted octanol–water partition coefficient (Wildman–Crippen LogP) is 3.10. The number of thioether (sulfide) groups is 1. The fourth-order valence-corrected chi connectivity index (χ4v) is 2.72. The summed E-state index contributed by atoms with van der Waals surface area (Å²) in [6.07, 6.45) is 0. The third-order valence-electron chi connectivity index (χ3n) is 2.49. The van der Waals surface area contributed by atoms with E-state index in [4.69, 9.17) is 5.11 Å². The second kappa shape index (κ2) is 5.86. The molecule has 0 saturated heterocycles. The van der Waals surface area contributed by atoms with Crippen molar-refractivity contribution in [2.75, 3.05) is 0 Å². The molecule has 0 bridgehead atoms. The number of nitro groups is 1. The predicted molar refractivity (Wildman–Crippen MR) is 70.0 cm³/mol. The fraction of sp³-hybridized carbons (Fsp3) is 0.417. The Kier molecular flexibility index (Phi) is 4.72. The summed E-state index contributed by atoms with van der Waals surface area (Å²) >= 11 is 1.03. The number of aliphatic carboxylic acids is 1. The van der Waals surface area contributed by atoms with Gasteiger partial charge in [0.1, 0.15) is 5.25 Å². The Labute approximate surface area is 109 Å². The first-order valence-corrected chi connectivity index (χ1v) is 6.36. The van der Waals surface area contributed by atoms with Crippen LogP contribution in [0.25, 0.3) is 0 Å². The van der Waals surface area contributed by atoms with E-state index in [0.29, 0.717) is 10.5 Å². The number of benzene rings is 1. The van der Waals surface area contributed by atoms with Crippen molar-refractivity contribution < 1.29 is 14.8 Å². The Morgan fingerprint density at radius 3 is 2.50 bits per heavy atom. The van der Waals surface area contributed by atoms with Crippen LogP contribution in [-0.4, -0.2) is 21.2 Å². The van der Waals surface area contributed by atoms with Crippen molar-refractivity contribution in [3.8, 4) is 0 Å². The van der Waals surface area contributed by atoms with Crippen LogP contribution in [0.3, 0.4) is 0 Å². The fourth-order valence-electron chi connectivity index (χ4n) is 1.57. The normalized spacial score (nSPS) is 12.4. The van der Waals surface area contributed by atoms with E-state index in [9.17, 15) is 14.9 Å². The molecule has 1 aromatic rings. The largest absolute Gasteiger partial charge is 0.480 e. The summed E-state index contributed by atoms with van der Waals surface area (Å²) in [5, 5.41) is 19.4. The summed E-state index contributed by atoms with van der Waals surface area (Å²) < 4.78 is 0. The second-order valence-corrected chi connectivity index (χ2v) is 5.48. The van der Waals surface area contributed by atoms with Crippen LogP contribution in [0.4, 0.5) is 5.69 Å². The molecule has 0 heterocycles. The molecule has 0 aliphatic heterocycles.